The molecular formula is C12H19N3O2. The quantitative estimate of drug-likeness (QED) is 0.781. The molecule has 0 saturated carbocycles. The molecule has 1 aliphatic rings. The number of amides is 1. The monoisotopic (exact) mass is 237 g/mol. The van der Waals surface area contributed by atoms with Crippen LogP contribution in [0.1, 0.15) is 38.1 Å². The van der Waals surface area contributed by atoms with E-state index in [1.165, 1.54) is 0 Å². The molecule has 1 aliphatic heterocycles. The van der Waals surface area contributed by atoms with Crippen LogP contribution in [0.4, 0.5) is 0 Å². The van der Waals surface area contributed by atoms with Gasteiger partial charge in [0.25, 0.3) is 0 Å². The van der Waals surface area contributed by atoms with Crippen molar-refractivity contribution in [3.63, 3.8) is 0 Å². The number of aliphatic hydroxyl groups is 1. The molecule has 0 bridgehead atoms. The number of hydrogen-bond acceptors (Lipinski definition) is 3. The molecule has 94 valence electrons. The maximum atomic E-state index is 11.8. The molecule has 1 amide bonds. The minimum absolute atomic E-state index is 0.0255. The first-order chi connectivity index (χ1) is 7.81. The Labute approximate surface area is 101 Å². The Kier molecular flexibility index (Phi) is 2.73. The van der Waals surface area contributed by atoms with Crippen LogP contribution in [0.25, 0.3) is 0 Å². The number of fused-ring (bicyclic) bond motifs is 1. The van der Waals surface area contributed by atoms with E-state index < -0.39 is 5.60 Å². The highest BCUT2D eigenvalue weighted by atomic mass is 16.3. The lowest BCUT2D eigenvalue weighted by atomic mass is 10.0. The summed E-state index contributed by atoms with van der Waals surface area (Å²) < 4.78 is 1.63. The number of likely N-dealkylation sites (N-methyl/N-ethyl adjacent to an activating group) is 1. The fourth-order valence-electron chi connectivity index (χ4n) is 2.15. The topological polar surface area (TPSA) is 58.4 Å². The zero-order chi connectivity index (χ0) is 12.8. The molecule has 1 aromatic rings. The Morgan fingerprint density at radius 3 is 2.76 bits per heavy atom. The molecule has 0 aliphatic carbocycles. The van der Waals surface area contributed by atoms with Crippen molar-refractivity contribution in [2.45, 2.75) is 38.8 Å². The SMILES string of the molecule is CC(C)c1cc2n(n1)CC(=O)N(C)CC2(C)O. The van der Waals surface area contributed by atoms with Gasteiger partial charge in [-0.1, -0.05) is 13.8 Å². The van der Waals surface area contributed by atoms with Gasteiger partial charge >= 0.3 is 0 Å². The number of rotatable bonds is 1. The van der Waals surface area contributed by atoms with E-state index in [9.17, 15) is 9.90 Å². The molecule has 1 atom stereocenters. The normalized spacial score (nSPS) is 25.1. The predicted octanol–water partition coefficient (Wildman–Crippen LogP) is 0.686. The van der Waals surface area contributed by atoms with Crippen LogP contribution in [0.15, 0.2) is 6.07 Å². The Morgan fingerprint density at radius 1 is 1.53 bits per heavy atom. The van der Waals surface area contributed by atoms with Gasteiger partial charge in [-0.05, 0) is 18.9 Å². The molecule has 0 saturated heterocycles. The van der Waals surface area contributed by atoms with Gasteiger partial charge in [-0.2, -0.15) is 5.10 Å². The summed E-state index contributed by atoms with van der Waals surface area (Å²) in [4.78, 5) is 13.3. The summed E-state index contributed by atoms with van der Waals surface area (Å²) >= 11 is 0. The smallest absolute Gasteiger partial charge is 0.244 e. The maximum absolute atomic E-state index is 11.8. The number of hydrogen-bond donors (Lipinski definition) is 1. The third-order valence-corrected chi connectivity index (χ3v) is 3.20. The second-order valence-electron chi connectivity index (χ2n) is 5.29. The van der Waals surface area contributed by atoms with Crippen LogP contribution in [0, 0.1) is 0 Å². The first kappa shape index (κ1) is 12.1. The van der Waals surface area contributed by atoms with E-state index in [-0.39, 0.29) is 18.4 Å². The van der Waals surface area contributed by atoms with Gasteiger partial charge in [0.15, 0.2) is 0 Å². The van der Waals surface area contributed by atoms with Crippen LogP contribution in [0.2, 0.25) is 0 Å². The second kappa shape index (κ2) is 3.84. The lowest BCUT2D eigenvalue weighted by Crippen LogP contribution is -2.37. The third-order valence-electron chi connectivity index (χ3n) is 3.20. The van der Waals surface area contributed by atoms with Gasteiger partial charge in [0.2, 0.25) is 5.91 Å². The van der Waals surface area contributed by atoms with Crippen molar-refractivity contribution >= 4 is 5.91 Å². The van der Waals surface area contributed by atoms with Crippen LogP contribution in [-0.4, -0.2) is 39.3 Å². The summed E-state index contributed by atoms with van der Waals surface area (Å²) in [5.41, 5.74) is 0.595. The second-order valence-corrected chi connectivity index (χ2v) is 5.29. The molecule has 5 heteroatoms. The minimum Gasteiger partial charge on any atom is -0.382 e. The highest BCUT2D eigenvalue weighted by molar-refractivity contribution is 5.76. The highest BCUT2D eigenvalue weighted by Crippen LogP contribution is 2.27. The van der Waals surface area contributed by atoms with Crippen LogP contribution in [0.3, 0.4) is 0 Å². The first-order valence-corrected chi connectivity index (χ1v) is 5.86. The summed E-state index contributed by atoms with van der Waals surface area (Å²) in [6.45, 7) is 6.32. The molecule has 1 unspecified atom stereocenters. The van der Waals surface area contributed by atoms with Crippen LogP contribution >= 0.6 is 0 Å². The van der Waals surface area contributed by atoms with Crippen molar-refractivity contribution in [3.05, 3.63) is 17.5 Å². The molecule has 0 aromatic carbocycles. The summed E-state index contributed by atoms with van der Waals surface area (Å²) in [5.74, 6) is 0.264. The Bertz CT molecular complexity index is 449. The van der Waals surface area contributed by atoms with Gasteiger partial charge in [0.1, 0.15) is 12.1 Å². The van der Waals surface area contributed by atoms with Crippen LogP contribution in [-0.2, 0) is 16.9 Å². The van der Waals surface area contributed by atoms with E-state index in [0.29, 0.717) is 6.54 Å². The van der Waals surface area contributed by atoms with Gasteiger partial charge in [0, 0.05) is 7.05 Å². The summed E-state index contributed by atoms with van der Waals surface area (Å²) in [6.07, 6.45) is 0. The van der Waals surface area contributed by atoms with Gasteiger partial charge in [0.05, 0.1) is 17.9 Å². The molecule has 17 heavy (non-hydrogen) atoms. The van der Waals surface area contributed by atoms with Gasteiger partial charge < -0.3 is 10.0 Å². The van der Waals surface area contributed by atoms with E-state index in [0.717, 1.165) is 11.4 Å². The van der Waals surface area contributed by atoms with Gasteiger partial charge in [-0.25, -0.2) is 0 Å². The number of carbonyl (C=O) groups excluding carboxylic acids is 1. The average Bonchev–Trinajstić information content (AvgIpc) is 2.58. The van der Waals surface area contributed by atoms with Crippen LogP contribution in [0.5, 0.6) is 0 Å². The lowest BCUT2D eigenvalue weighted by molar-refractivity contribution is -0.132. The van der Waals surface area contributed by atoms with E-state index in [4.69, 9.17) is 0 Å². The fraction of sp³-hybridized carbons (Fsp3) is 0.667. The van der Waals surface area contributed by atoms with E-state index in [2.05, 4.69) is 5.10 Å². The number of aromatic nitrogens is 2. The summed E-state index contributed by atoms with van der Waals surface area (Å²) in [6, 6.07) is 1.90. The molecule has 1 aromatic heterocycles. The zero-order valence-corrected chi connectivity index (χ0v) is 10.8. The van der Waals surface area contributed by atoms with Crippen molar-refractivity contribution < 1.29 is 9.90 Å². The van der Waals surface area contributed by atoms with Gasteiger partial charge in [-0.15, -0.1) is 0 Å². The van der Waals surface area contributed by atoms with Crippen molar-refractivity contribution in [1.29, 1.82) is 0 Å². The number of nitrogens with zero attached hydrogens (tertiary/aromatic N) is 3. The van der Waals surface area contributed by atoms with E-state index >= 15 is 0 Å². The molecule has 0 fully saturated rings. The van der Waals surface area contributed by atoms with Crippen molar-refractivity contribution in [2.75, 3.05) is 13.6 Å². The molecule has 2 heterocycles. The Morgan fingerprint density at radius 2 is 2.18 bits per heavy atom. The van der Waals surface area contributed by atoms with Crippen molar-refractivity contribution in [3.8, 4) is 0 Å². The third kappa shape index (κ3) is 2.07. The maximum Gasteiger partial charge on any atom is 0.244 e. The first-order valence-electron chi connectivity index (χ1n) is 5.86. The zero-order valence-electron chi connectivity index (χ0n) is 10.8. The lowest BCUT2D eigenvalue weighted by Gasteiger charge is -2.25. The van der Waals surface area contributed by atoms with E-state index in [1.54, 1.807) is 23.6 Å². The molecule has 1 N–H and O–H groups in total. The predicted molar refractivity (Wildman–Crippen MR) is 63.5 cm³/mol. The molecule has 0 radical (unpaired) electrons. The molecule has 0 spiro atoms. The largest absolute Gasteiger partial charge is 0.382 e. The molecule has 2 rings (SSSR count). The highest BCUT2D eigenvalue weighted by Gasteiger charge is 2.35. The summed E-state index contributed by atoms with van der Waals surface area (Å²) in [5, 5.41) is 14.8. The Balaban J connectivity index is 2.48. The average molecular weight is 237 g/mol. The fourth-order valence-corrected chi connectivity index (χ4v) is 2.15. The number of carbonyl (C=O) groups is 1. The van der Waals surface area contributed by atoms with Gasteiger partial charge in [-0.3, -0.25) is 9.48 Å². The standard InChI is InChI=1S/C12H19N3O2/c1-8(2)9-5-10-12(3,17)7-14(4)11(16)6-15(10)13-9/h5,8,17H,6-7H2,1-4H3. The number of β-amino-alcohol motifs (C(OH)–C–C–N with tert-alkyl or cyclic N) is 1. The van der Waals surface area contributed by atoms with Crippen LogP contribution < -0.4 is 0 Å². The minimum atomic E-state index is -1.04. The summed E-state index contributed by atoms with van der Waals surface area (Å²) in [7, 11) is 1.70. The molecular weight excluding hydrogens is 218 g/mol. The van der Waals surface area contributed by atoms with Crippen molar-refractivity contribution in [2.24, 2.45) is 0 Å². The Hall–Kier alpha value is -1.36. The van der Waals surface area contributed by atoms with E-state index in [1.807, 2.05) is 19.9 Å². The molecule has 5 nitrogen and oxygen atoms in total. The van der Waals surface area contributed by atoms with Crippen molar-refractivity contribution in [1.82, 2.24) is 14.7 Å².